The molecule has 0 radical (unpaired) electrons. The van der Waals surface area contributed by atoms with Crippen molar-refractivity contribution in [2.24, 2.45) is 0 Å². The molecule has 0 aliphatic carbocycles. The quantitative estimate of drug-likeness (QED) is 0.346. The first kappa shape index (κ1) is 23.5. The second-order valence-corrected chi connectivity index (χ2v) is 7.90. The van der Waals surface area contributed by atoms with Gasteiger partial charge in [-0.15, -0.1) is 11.8 Å². The van der Waals surface area contributed by atoms with E-state index in [4.69, 9.17) is 9.84 Å². The van der Waals surface area contributed by atoms with Crippen molar-refractivity contribution >= 4 is 23.3 Å². The molecule has 32 heavy (non-hydrogen) atoms. The normalized spacial score (nSPS) is 12.6. The fourth-order valence-corrected chi connectivity index (χ4v) is 3.81. The van der Waals surface area contributed by atoms with E-state index in [1.807, 2.05) is 48.5 Å². The number of rotatable bonds is 10. The molecule has 0 bridgehead atoms. The smallest absolute Gasteiger partial charge is 0.341 e. The number of ether oxygens (including phenoxy) is 1. The molecule has 0 heterocycles. The summed E-state index contributed by atoms with van der Waals surface area (Å²) in [7, 11) is 0. The molecule has 1 atom stereocenters. The average molecular weight is 459 g/mol. The SMILES string of the molecule is O=C(O)COc1ccc(SCC=C(c2ccccc2)c2cccc(C(F)C(F)F)c2)cc1. The second kappa shape index (κ2) is 11.4. The van der Waals surface area contributed by atoms with E-state index >= 15 is 0 Å². The summed E-state index contributed by atoms with van der Waals surface area (Å²) < 4.78 is 44.7. The van der Waals surface area contributed by atoms with Gasteiger partial charge in [-0.25, -0.2) is 18.0 Å². The van der Waals surface area contributed by atoms with Crippen LogP contribution in [-0.4, -0.2) is 29.9 Å². The fourth-order valence-electron chi connectivity index (χ4n) is 3.04. The van der Waals surface area contributed by atoms with Crippen LogP contribution in [-0.2, 0) is 4.79 Å². The van der Waals surface area contributed by atoms with E-state index in [1.54, 1.807) is 36.0 Å². The third-order valence-corrected chi connectivity index (χ3v) is 5.48. The van der Waals surface area contributed by atoms with Crippen LogP contribution in [0.3, 0.4) is 0 Å². The molecular formula is C25H21F3O3S. The molecule has 0 saturated heterocycles. The molecule has 166 valence electrons. The molecule has 3 rings (SSSR count). The molecule has 0 aliphatic rings. The maximum absolute atomic E-state index is 13.9. The fraction of sp³-hybridized carbons (Fsp3) is 0.160. The van der Waals surface area contributed by atoms with E-state index in [0.717, 1.165) is 16.0 Å². The van der Waals surface area contributed by atoms with Crippen LogP contribution in [0.5, 0.6) is 5.75 Å². The number of hydrogen-bond donors (Lipinski definition) is 1. The predicted molar refractivity (Wildman–Crippen MR) is 120 cm³/mol. The number of halogens is 3. The van der Waals surface area contributed by atoms with Gasteiger partial charge < -0.3 is 9.84 Å². The Morgan fingerprint density at radius 1 is 0.938 bits per heavy atom. The van der Waals surface area contributed by atoms with E-state index in [2.05, 4.69) is 0 Å². The Morgan fingerprint density at radius 3 is 2.28 bits per heavy atom. The molecule has 0 aromatic heterocycles. The van der Waals surface area contributed by atoms with Gasteiger partial charge in [0.05, 0.1) is 0 Å². The lowest BCUT2D eigenvalue weighted by Gasteiger charge is -2.13. The Labute approximate surface area is 188 Å². The summed E-state index contributed by atoms with van der Waals surface area (Å²) in [5.74, 6) is 0.00476. The topological polar surface area (TPSA) is 46.5 Å². The van der Waals surface area contributed by atoms with Crippen molar-refractivity contribution < 1.29 is 27.8 Å². The number of benzene rings is 3. The molecule has 0 saturated carbocycles. The standard InChI is InChI=1S/C25H21F3O3S/c26-24(25(27)28)19-8-4-7-18(15-19)22(17-5-2-1-3-6-17)13-14-32-21-11-9-20(10-12-21)31-16-23(29)30/h1-13,15,24-25H,14,16H2,(H,29,30). The number of carboxylic acid groups (broad SMARTS) is 1. The zero-order valence-electron chi connectivity index (χ0n) is 17.0. The van der Waals surface area contributed by atoms with Gasteiger partial charge in [0, 0.05) is 10.6 Å². The monoisotopic (exact) mass is 458 g/mol. The summed E-state index contributed by atoms with van der Waals surface area (Å²) in [6.45, 7) is -0.403. The Balaban J connectivity index is 1.78. The highest BCUT2D eigenvalue weighted by atomic mass is 32.2. The van der Waals surface area contributed by atoms with Crippen molar-refractivity contribution in [1.29, 1.82) is 0 Å². The average Bonchev–Trinajstić information content (AvgIpc) is 2.81. The molecular weight excluding hydrogens is 437 g/mol. The van der Waals surface area contributed by atoms with Gasteiger partial charge in [0.25, 0.3) is 6.43 Å². The Bertz CT molecular complexity index is 1050. The molecule has 1 unspecified atom stereocenters. The summed E-state index contributed by atoms with van der Waals surface area (Å²) in [5.41, 5.74) is 2.33. The number of thioether (sulfide) groups is 1. The van der Waals surface area contributed by atoms with Crippen molar-refractivity contribution in [2.45, 2.75) is 17.5 Å². The van der Waals surface area contributed by atoms with Crippen molar-refractivity contribution in [2.75, 3.05) is 12.4 Å². The van der Waals surface area contributed by atoms with E-state index in [9.17, 15) is 18.0 Å². The zero-order chi connectivity index (χ0) is 22.9. The summed E-state index contributed by atoms with van der Waals surface area (Å²) in [6.07, 6.45) is -3.43. The van der Waals surface area contributed by atoms with Gasteiger partial charge in [0.1, 0.15) is 5.75 Å². The molecule has 3 aromatic rings. The van der Waals surface area contributed by atoms with Gasteiger partial charge in [-0.1, -0.05) is 54.6 Å². The molecule has 0 fully saturated rings. The zero-order valence-corrected chi connectivity index (χ0v) is 17.8. The van der Waals surface area contributed by atoms with E-state index in [1.165, 1.54) is 12.1 Å². The predicted octanol–water partition coefficient (Wildman–Crippen LogP) is 6.65. The minimum Gasteiger partial charge on any atom is -0.482 e. The largest absolute Gasteiger partial charge is 0.482 e. The van der Waals surface area contributed by atoms with Gasteiger partial charge in [0.2, 0.25) is 0 Å². The first-order chi connectivity index (χ1) is 15.4. The Morgan fingerprint density at radius 2 is 1.62 bits per heavy atom. The van der Waals surface area contributed by atoms with E-state index < -0.39 is 25.2 Å². The molecule has 3 aromatic carbocycles. The number of alkyl halides is 3. The summed E-state index contributed by atoms with van der Waals surface area (Å²) >= 11 is 1.54. The third-order valence-electron chi connectivity index (χ3n) is 4.55. The highest BCUT2D eigenvalue weighted by Gasteiger charge is 2.22. The third kappa shape index (κ3) is 6.65. The Hall–Kier alpha value is -3.19. The molecule has 7 heteroatoms. The first-order valence-corrected chi connectivity index (χ1v) is 10.8. The lowest BCUT2D eigenvalue weighted by atomic mass is 9.95. The van der Waals surface area contributed by atoms with Crippen LogP contribution in [0.25, 0.3) is 5.57 Å². The van der Waals surface area contributed by atoms with Crippen molar-refractivity contribution in [3.63, 3.8) is 0 Å². The minimum atomic E-state index is -3.08. The van der Waals surface area contributed by atoms with Crippen LogP contribution in [0.2, 0.25) is 0 Å². The van der Waals surface area contributed by atoms with E-state index in [-0.39, 0.29) is 5.56 Å². The van der Waals surface area contributed by atoms with Gasteiger partial charge in [0.15, 0.2) is 12.8 Å². The van der Waals surface area contributed by atoms with Crippen LogP contribution < -0.4 is 4.74 Å². The molecule has 0 aliphatic heterocycles. The van der Waals surface area contributed by atoms with Gasteiger partial charge in [-0.05, 0) is 52.6 Å². The molecule has 3 nitrogen and oxygen atoms in total. The lowest BCUT2D eigenvalue weighted by Crippen LogP contribution is -2.09. The van der Waals surface area contributed by atoms with Gasteiger partial charge in [-0.3, -0.25) is 0 Å². The lowest BCUT2D eigenvalue weighted by molar-refractivity contribution is -0.139. The van der Waals surface area contributed by atoms with Crippen LogP contribution in [0.15, 0.2) is 89.8 Å². The van der Waals surface area contributed by atoms with E-state index in [0.29, 0.717) is 17.1 Å². The van der Waals surface area contributed by atoms with Crippen molar-refractivity contribution in [3.05, 3.63) is 102 Å². The van der Waals surface area contributed by atoms with Crippen LogP contribution in [0.1, 0.15) is 22.9 Å². The minimum absolute atomic E-state index is 0.0519. The second-order valence-electron chi connectivity index (χ2n) is 6.81. The molecule has 1 N–H and O–H groups in total. The molecule has 0 spiro atoms. The number of carboxylic acids is 1. The number of hydrogen-bond acceptors (Lipinski definition) is 3. The molecule has 0 amide bonds. The Kier molecular flexibility index (Phi) is 8.39. The van der Waals surface area contributed by atoms with Gasteiger partial charge >= 0.3 is 5.97 Å². The van der Waals surface area contributed by atoms with Crippen molar-refractivity contribution in [3.8, 4) is 5.75 Å². The first-order valence-electron chi connectivity index (χ1n) is 9.79. The summed E-state index contributed by atoms with van der Waals surface area (Å²) in [6, 6.07) is 22.7. The summed E-state index contributed by atoms with van der Waals surface area (Å²) in [4.78, 5) is 11.5. The number of carbonyl (C=O) groups is 1. The highest BCUT2D eigenvalue weighted by Crippen LogP contribution is 2.31. The maximum Gasteiger partial charge on any atom is 0.341 e. The van der Waals surface area contributed by atoms with Crippen molar-refractivity contribution in [1.82, 2.24) is 0 Å². The van der Waals surface area contributed by atoms with Crippen LogP contribution >= 0.6 is 11.8 Å². The summed E-state index contributed by atoms with van der Waals surface area (Å²) in [5, 5.41) is 8.67. The van der Waals surface area contributed by atoms with Crippen LogP contribution in [0.4, 0.5) is 13.2 Å². The highest BCUT2D eigenvalue weighted by molar-refractivity contribution is 7.99. The maximum atomic E-state index is 13.9. The number of aliphatic carboxylic acids is 1. The van der Waals surface area contributed by atoms with Crippen LogP contribution in [0, 0.1) is 0 Å². The van der Waals surface area contributed by atoms with Gasteiger partial charge in [-0.2, -0.15) is 0 Å².